The first-order chi connectivity index (χ1) is 10.9. The number of nitrogens with zero attached hydrogens (tertiary/aromatic N) is 3. The normalized spacial score (nSPS) is 17.2. The zero-order chi connectivity index (χ0) is 16.9. The van der Waals surface area contributed by atoms with E-state index in [4.69, 9.17) is 0 Å². The molecule has 0 unspecified atom stereocenters. The van der Waals surface area contributed by atoms with Crippen LogP contribution in [0, 0.1) is 0 Å². The molecule has 0 radical (unpaired) electrons. The van der Waals surface area contributed by atoms with Crippen molar-refractivity contribution >= 4 is 17.7 Å². The Hall–Kier alpha value is -1.35. The van der Waals surface area contributed by atoms with E-state index in [1.54, 1.807) is 0 Å². The van der Waals surface area contributed by atoms with Gasteiger partial charge in [-0.05, 0) is 25.5 Å². The summed E-state index contributed by atoms with van der Waals surface area (Å²) in [6, 6.07) is 0.944. The Morgan fingerprint density at radius 2 is 2.13 bits per heavy atom. The number of amides is 1. The van der Waals surface area contributed by atoms with Gasteiger partial charge in [-0.15, -0.1) is 0 Å². The number of nitrogens with one attached hydrogen (secondary N) is 1. The highest BCUT2D eigenvalue weighted by atomic mass is 32.2. The molecule has 2 heterocycles. The first-order valence-corrected chi connectivity index (χ1v) is 8.42. The van der Waals surface area contributed by atoms with Gasteiger partial charge in [0.15, 0.2) is 5.16 Å². The van der Waals surface area contributed by atoms with E-state index < -0.39 is 11.9 Å². The van der Waals surface area contributed by atoms with Crippen molar-refractivity contribution in [1.82, 2.24) is 20.2 Å². The van der Waals surface area contributed by atoms with Gasteiger partial charge in [0.25, 0.3) is 0 Å². The molecule has 0 atom stereocenters. The first-order valence-electron chi connectivity index (χ1n) is 7.43. The lowest BCUT2D eigenvalue weighted by Crippen LogP contribution is -2.45. The molecule has 1 saturated heterocycles. The van der Waals surface area contributed by atoms with Crippen molar-refractivity contribution in [3.05, 3.63) is 18.0 Å². The van der Waals surface area contributed by atoms with E-state index in [0.29, 0.717) is 0 Å². The smallest absolute Gasteiger partial charge is 0.353 e. The van der Waals surface area contributed by atoms with Gasteiger partial charge in [-0.3, -0.25) is 4.79 Å². The Kier molecular flexibility index (Phi) is 6.23. The predicted octanol–water partition coefficient (Wildman–Crippen LogP) is 2.19. The molecule has 0 aromatic carbocycles. The minimum atomic E-state index is -4.51. The molecule has 1 aliphatic heterocycles. The lowest BCUT2D eigenvalue weighted by atomic mass is 10.1. The second-order valence-corrected chi connectivity index (χ2v) is 6.23. The van der Waals surface area contributed by atoms with Crippen LogP contribution in [0.4, 0.5) is 13.2 Å². The molecule has 0 saturated carbocycles. The number of rotatable bonds is 5. The average molecular weight is 348 g/mol. The van der Waals surface area contributed by atoms with Crippen LogP contribution < -0.4 is 5.32 Å². The van der Waals surface area contributed by atoms with Gasteiger partial charge in [-0.1, -0.05) is 18.7 Å². The first kappa shape index (κ1) is 18.0. The molecule has 1 amide bonds. The predicted molar refractivity (Wildman–Crippen MR) is 81.0 cm³/mol. The van der Waals surface area contributed by atoms with Crippen LogP contribution in [0.1, 0.15) is 25.5 Å². The summed E-state index contributed by atoms with van der Waals surface area (Å²) < 4.78 is 37.7. The molecule has 9 heteroatoms. The van der Waals surface area contributed by atoms with Crippen molar-refractivity contribution in [2.45, 2.75) is 37.1 Å². The Morgan fingerprint density at radius 3 is 2.74 bits per heavy atom. The number of likely N-dealkylation sites (tertiary alicyclic amines) is 1. The van der Waals surface area contributed by atoms with Crippen LogP contribution >= 0.6 is 11.8 Å². The molecule has 5 nitrogen and oxygen atoms in total. The molecular formula is C14H19F3N4OS. The van der Waals surface area contributed by atoms with E-state index in [0.717, 1.165) is 56.5 Å². The number of piperidine rings is 1. The summed E-state index contributed by atoms with van der Waals surface area (Å²) in [5.74, 6) is -0.194. The lowest BCUT2D eigenvalue weighted by Gasteiger charge is -2.31. The van der Waals surface area contributed by atoms with Gasteiger partial charge in [-0.2, -0.15) is 13.2 Å². The minimum Gasteiger partial charge on any atom is -0.353 e. The summed E-state index contributed by atoms with van der Waals surface area (Å²) in [6.07, 6.45) is -1.67. The van der Waals surface area contributed by atoms with Crippen molar-refractivity contribution in [1.29, 1.82) is 0 Å². The van der Waals surface area contributed by atoms with Gasteiger partial charge in [0.05, 0.1) is 5.75 Å². The molecule has 1 aromatic heterocycles. The highest BCUT2D eigenvalue weighted by Crippen LogP contribution is 2.28. The summed E-state index contributed by atoms with van der Waals surface area (Å²) in [6.45, 7) is 5.00. The Balaban J connectivity index is 1.79. The highest BCUT2D eigenvalue weighted by Gasteiger charge is 2.32. The van der Waals surface area contributed by atoms with E-state index >= 15 is 0 Å². The maximum Gasteiger partial charge on any atom is 0.433 e. The number of thioether (sulfide) groups is 1. The van der Waals surface area contributed by atoms with Gasteiger partial charge >= 0.3 is 6.18 Å². The molecule has 1 aliphatic rings. The topological polar surface area (TPSA) is 58.1 Å². The summed E-state index contributed by atoms with van der Waals surface area (Å²) >= 11 is 0.908. The van der Waals surface area contributed by atoms with Gasteiger partial charge in [0.1, 0.15) is 5.69 Å². The minimum absolute atomic E-state index is 0.00923. The molecule has 1 fully saturated rings. The maximum atomic E-state index is 12.6. The summed E-state index contributed by atoms with van der Waals surface area (Å²) in [5, 5.41) is 2.87. The lowest BCUT2D eigenvalue weighted by molar-refractivity contribution is -0.141. The van der Waals surface area contributed by atoms with Crippen molar-refractivity contribution in [2.24, 2.45) is 0 Å². The van der Waals surface area contributed by atoms with Gasteiger partial charge in [0, 0.05) is 25.3 Å². The van der Waals surface area contributed by atoms with Crippen LogP contribution in [0.25, 0.3) is 0 Å². The zero-order valence-corrected chi connectivity index (χ0v) is 13.6. The van der Waals surface area contributed by atoms with Gasteiger partial charge in [-0.25, -0.2) is 9.97 Å². The van der Waals surface area contributed by atoms with Crippen LogP contribution in [0.5, 0.6) is 0 Å². The van der Waals surface area contributed by atoms with Crippen molar-refractivity contribution in [2.75, 3.05) is 25.4 Å². The van der Waals surface area contributed by atoms with E-state index in [1.807, 2.05) is 0 Å². The van der Waals surface area contributed by atoms with Crippen molar-refractivity contribution in [3.8, 4) is 0 Å². The van der Waals surface area contributed by atoms with Crippen LogP contribution in [0.3, 0.4) is 0 Å². The molecule has 23 heavy (non-hydrogen) atoms. The number of alkyl halides is 3. The summed E-state index contributed by atoms with van der Waals surface area (Å²) in [4.78, 5) is 21.4. The number of hydrogen-bond acceptors (Lipinski definition) is 5. The molecule has 1 aromatic rings. The van der Waals surface area contributed by atoms with E-state index in [-0.39, 0.29) is 22.9 Å². The third-order valence-electron chi connectivity index (χ3n) is 3.66. The molecule has 1 N–H and O–H groups in total. The number of halogens is 3. The monoisotopic (exact) mass is 348 g/mol. The molecular weight excluding hydrogens is 329 g/mol. The fourth-order valence-corrected chi connectivity index (χ4v) is 3.00. The van der Waals surface area contributed by atoms with E-state index in [9.17, 15) is 18.0 Å². The molecule has 0 bridgehead atoms. The average Bonchev–Trinajstić information content (AvgIpc) is 2.53. The second kappa shape index (κ2) is 7.96. The standard InChI is InChI=1S/C14H19F3N4OS/c1-2-21-7-4-10(5-8-21)19-12(22)9-23-13-18-6-3-11(20-13)14(15,16)17/h3,6,10H,2,4-5,7-9H2,1H3,(H,19,22). The zero-order valence-electron chi connectivity index (χ0n) is 12.8. The Morgan fingerprint density at radius 1 is 1.43 bits per heavy atom. The molecule has 0 spiro atoms. The largest absolute Gasteiger partial charge is 0.433 e. The van der Waals surface area contributed by atoms with Crippen molar-refractivity contribution in [3.63, 3.8) is 0 Å². The third-order valence-corrected chi connectivity index (χ3v) is 4.52. The number of hydrogen-bond donors (Lipinski definition) is 1. The van der Waals surface area contributed by atoms with Crippen LogP contribution in [-0.2, 0) is 11.0 Å². The maximum absolute atomic E-state index is 12.6. The second-order valence-electron chi connectivity index (χ2n) is 5.29. The summed E-state index contributed by atoms with van der Waals surface area (Å²) in [7, 11) is 0. The van der Waals surface area contributed by atoms with Crippen LogP contribution in [0.15, 0.2) is 17.4 Å². The van der Waals surface area contributed by atoms with Gasteiger partial charge < -0.3 is 10.2 Å². The highest BCUT2D eigenvalue weighted by molar-refractivity contribution is 7.99. The van der Waals surface area contributed by atoms with Crippen LogP contribution in [0.2, 0.25) is 0 Å². The number of aromatic nitrogens is 2. The fraction of sp³-hybridized carbons (Fsp3) is 0.643. The Labute approximate surface area is 137 Å². The fourth-order valence-electron chi connectivity index (χ4n) is 2.36. The van der Waals surface area contributed by atoms with E-state index in [1.165, 1.54) is 0 Å². The van der Waals surface area contributed by atoms with Gasteiger partial charge in [0.2, 0.25) is 5.91 Å². The number of carbonyl (C=O) groups is 1. The quantitative estimate of drug-likeness (QED) is 0.653. The summed E-state index contributed by atoms with van der Waals surface area (Å²) in [5.41, 5.74) is -0.998. The van der Waals surface area contributed by atoms with Crippen LogP contribution in [-0.4, -0.2) is 52.2 Å². The molecule has 2 rings (SSSR count). The Bertz CT molecular complexity index is 533. The third kappa shape index (κ3) is 5.65. The van der Waals surface area contributed by atoms with E-state index in [2.05, 4.69) is 27.1 Å². The van der Waals surface area contributed by atoms with Crippen molar-refractivity contribution < 1.29 is 18.0 Å². The number of carbonyl (C=O) groups excluding carboxylic acids is 1. The SMILES string of the molecule is CCN1CCC(NC(=O)CSc2nccc(C(F)(F)F)n2)CC1. The molecule has 0 aliphatic carbocycles. The molecule has 128 valence electrons.